The molecule has 0 fully saturated rings. The van der Waals surface area contributed by atoms with Gasteiger partial charge < -0.3 is 18.6 Å². The van der Waals surface area contributed by atoms with E-state index in [-0.39, 0.29) is 5.92 Å². The number of rotatable bonds is 5. The molecule has 0 aliphatic rings. The Balaban J connectivity index is 2.89. The molecule has 0 bridgehead atoms. The van der Waals surface area contributed by atoms with E-state index < -0.39 is 34.2 Å². The van der Waals surface area contributed by atoms with Gasteiger partial charge in [0.05, 0.1) is 0 Å². The van der Waals surface area contributed by atoms with Crippen molar-refractivity contribution in [3.8, 4) is 0 Å². The molecule has 1 N–H and O–H groups in total. The van der Waals surface area contributed by atoms with Gasteiger partial charge in [0.15, 0.2) is 0 Å². The van der Waals surface area contributed by atoms with Gasteiger partial charge >= 0.3 is 6.09 Å². The molecule has 9 heteroatoms. The number of ether oxygens (including phenoxy) is 1. The summed E-state index contributed by atoms with van der Waals surface area (Å²) in [6.07, 6.45) is -0.342. The predicted molar refractivity (Wildman–Crippen MR) is 95.7 cm³/mol. The van der Waals surface area contributed by atoms with Crippen LogP contribution in [0.25, 0.3) is 0 Å². The van der Waals surface area contributed by atoms with E-state index in [0.29, 0.717) is 15.7 Å². The van der Waals surface area contributed by atoms with Crippen LogP contribution in [-0.4, -0.2) is 23.6 Å². The molecule has 0 aliphatic carbocycles. The minimum Gasteiger partial charge on any atom is -0.444 e. The summed E-state index contributed by atoms with van der Waals surface area (Å²) in [5.41, 5.74) is -0.677. The van der Waals surface area contributed by atoms with Crippen LogP contribution in [0.4, 0.5) is 4.79 Å². The molecule has 6 nitrogen and oxygen atoms in total. The molecular weight excluding hydrogens is 372 g/mol. The molecule has 0 aromatic carbocycles. The summed E-state index contributed by atoms with van der Waals surface area (Å²) in [5.74, 6) is -0.522. The highest BCUT2D eigenvalue weighted by Crippen LogP contribution is 2.21. The Morgan fingerprint density at radius 2 is 2.04 bits per heavy atom. The van der Waals surface area contributed by atoms with E-state index in [0.717, 1.165) is 11.3 Å². The highest BCUT2D eigenvalue weighted by molar-refractivity contribution is 7.78. The minimum absolute atomic E-state index is 0.133. The molecule has 1 aromatic heterocycles. The van der Waals surface area contributed by atoms with Gasteiger partial charge in [-0.2, -0.15) is 11.3 Å². The van der Waals surface area contributed by atoms with Crippen LogP contribution in [0.15, 0.2) is 20.0 Å². The van der Waals surface area contributed by atoms with E-state index in [4.69, 9.17) is 16.3 Å². The number of nitrogens with zero attached hydrogens (tertiary/aromatic N) is 1. The number of thiophene rings is 1. The summed E-state index contributed by atoms with van der Waals surface area (Å²) in [6, 6.07) is 0.608. The van der Waals surface area contributed by atoms with E-state index in [9.17, 15) is 13.8 Å². The summed E-state index contributed by atoms with van der Waals surface area (Å²) in [7, 11) is -1.84. The Morgan fingerprint density at radius 3 is 2.50 bits per heavy atom. The lowest BCUT2D eigenvalue weighted by molar-refractivity contribution is -0.120. The Kier molecular flexibility index (Phi) is 7.69. The van der Waals surface area contributed by atoms with Crippen molar-refractivity contribution in [2.75, 3.05) is 0 Å². The molecule has 1 rings (SSSR count). The largest absolute Gasteiger partial charge is 0.444 e. The zero-order valence-electron chi connectivity index (χ0n) is 14.3. The molecule has 0 saturated heterocycles. The zero-order chi connectivity index (χ0) is 18.5. The maximum atomic E-state index is 12.3. The van der Waals surface area contributed by atoms with Gasteiger partial charge in [0, 0.05) is 10.4 Å². The first-order chi connectivity index (χ1) is 11.0. The van der Waals surface area contributed by atoms with E-state index >= 15 is 0 Å². The van der Waals surface area contributed by atoms with E-state index in [1.165, 1.54) is 6.07 Å². The summed E-state index contributed by atoms with van der Waals surface area (Å²) in [6.45, 7) is 9.00. The molecule has 24 heavy (non-hydrogen) atoms. The molecule has 0 aliphatic heterocycles. The maximum absolute atomic E-state index is 12.3. The Labute approximate surface area is 153 Å². The van der Waals surface area contributed by atoms with Crippen molar-refractivity contribution in [2.24, 2.45) is 10.3 Å². The fraction of sp³-hybridized carbons (Fsp3) is 0.600. The molecule has 0 spiro atoms. The van der Waals surface area contributed by atoms with Crippen LogP contribution in [-0.2, 0) is 24.3 Å². The van der Waals surface area contributed by atoms with Crippen LogP contribution in [0.1, 0.15) is 41.0 Å². The molecule has 1 aromatic rings. The number of hydrogen-bond acceptors (Lipinski definition) is 6. The topological polar surface area (TPSA) is 84.8 Å². The van der Waals surface area contributed by atoms with Gasteiger partial charge in [0.2, 0.25) is 5.91 Å². The van der Waals surface area contributed by atoms with Crippen molar-refractivity contribution in [3.05, 3.63) is 16.5 Å². The van der Waals surface area contributed by atoms with Crippen molar-refractivity contribution in [3.63, 3.8) is 0 Å². The average Bonchev–Trinajstić information content (AvgIpc) is 2.81. The van der Waals surface area contributed by atoms with Crippen molar-refractivity contribution in [1.29, 1.82) is 0 Å². The Bertz CT molecular complexity index is 673. The number of alkyl carbamates (subject to hydrolysis) is 1. The van der Waals surface area contributed by atoms with Gasteiger partial charge in [-0.15, -0.1) is 10.6 Å². The number of halogens is 1. The standard InChI is InChI=1S/C15H22ClN2O4S2/c1-9(2)6-11(17-14(20)22-15(3,4)5)13(19)18-24(21)12-7-10(16)8-23-12/h7-9,11H,6H2,1-5H3,(H,17,20)/q-1/t11-/m0/s1. The zero-order valence-corrected chi connectivity index (χ0v) is 16.7. The fourth-order valence-electron chi connectivity index (χ4n) is 1.72. The van der Waals surface area contributed by atoms with Gasteiger partial charge in [0.25, 0.3) is 0 Å². The highest BCUT2D eigenvalue weighted by Gasteiger charge is 2.24. The molecule has 1 atom stereocenters. The first-order valence-corrected chi connectivity index (χ1v) is 9.75. The number of amides is 2. The van der Waals surface area contributed by atoms with Crippen LogP contribution >= 0.6 is 22.9 Å². The molecule has 0 unspecified atom stereocenters. The lowest BCUT2D eigenvalue weighted by Crippen LogP contribution is -2.43. The molecule has 2 amide bonds. The van der Waals surface area contributed by atoms with Gasteiger partial charge in [-0.3, -0.25) is 4.79 Å². The Hall–Kier alpha value is -1.12. The van der Waals surface area contributed by atoms with Crippen LogP contribution in [0.2, 0.25) is 5.02 Å². The maximum Gasteiger partial charge on any atom is 0.408 e. The van der Waals surface area contributed by atoms with E-state index in [1.807, 2.05) is 13.8 Å². The summed E-state index contributed by atoms with van der Waals surface area (Å²) in [4.78, 5) is 24.2. The quantitative estimate of drug-likeness (QED) is 0.752. The second-order valence-electron chi connectivity index (χ2n) is 6.59. The van der Waals surface area contributed by atoms with Crippen molar-refractivity contribution in [1.82, 2.24) is 5.32 Å². The normalized spacial score (nSPS) is 14.5. The van der Waals surface area contributed by atoms with Gasteiger partial charge in [-0.05, 0) is 43.4 Å². The molecule has 0 radical (unpaired) electrons. The molecule has 136 valence electrons. The third-order valence-electron chi connectivity index (χ3n) is 2.58. The van der Waals surface area contributed by atoms with Gasteiger partial charge in [-0.25, -0.2) is 4.79 Å². The van der Waals surface area contributed by atoms with Crippen molar-refractivity contribution < 1.29 is 18.5 Å². The van der Waals surface area contributed by atoms with Crippen molar-refractivity contribution in [2.45, 2.75) is 56.9 Å². The van der Waals surface area contributed by atoms with Crippen LogP contribution in [0.5, 0.6) is 0 Å². The minimum atomic E-state index is -1.84. The number of carbonyl (C=O) groups is 2. The van der Waals surface area contributed by atoms with Crippen LogP contribution in [0, 0.1) is 5.92 Å². The summed E-state index contributed by atoms with van der Waals surface area (Å²) < 4.78 is 21.3. The second kappa shape index (κ2) is 8.82. The summed E-state index contributed by atoms with van der Waals surface area (Å²) in [5, 5.41) is 4.56. The van der Waals surface area contributed by atoms with Gasteiger partial charge in [0.1, 0.15) is 11.6 Å². The first kappa shape index (κ1) is 20.9. The van der Waals surface area contributed by atoms with Gasteiger partial charge in [-0.1, -0.05) is 25.4 Å². The predicted octanol–water partition coefficient (Wildman–Crippen LogP) is 4.37. The van der Waals surface area contributed by atoms with Crippen LogP contribution < -0.4 is 5.32 Å². The molecular formula is C15H22ClN2O4S2-. The average molecular weight is 394 g/mol. The highest BCUT2D eigenvalue weighted by atomic mass is 35.5. The Morgan fingerprint density at radius 1 is 1.42 bits per heavy atom. The van der Waals surface area contributed by atoms with E-state index in [1.54, 1.807) is 26.2 Å². The number of nitrogens with one attached hydrogen (secondary N) is 1. The third kappa shape index (κ3) is 7.63. The lowest BCUT2D eigenvalue weighted by Gasteiger charge is -2.23. The smallest absolute Gasteiger partial charge is 0.408 e. The fourth-order valence-corrected chi connectivity index (χ4v) is 3.78. The SMILES string of the molecule is CC(C)C[C@H](NC(=O)OC(C)(C)C)C(=O)N=[S-](=O)c1cc(Cl)cs1. The molecule has 1 heterocycles. The number of hydrogen-bond donors (Lipinski definition) is 1. The van der Waals surface area contributed by atoms with Crippen molar-refractivity contribution >= 4 is 45.5 Å². The molecule has 0 saturated carbocycles. The first-order valence-electron chi connectivity index (χ1n) is 7.39. The van der Waals surface area contributed by atoms with E-state index in [2.05, 4.69) is 9.68 Å². The number of carbonyl (C=O) groups excluding carboxylic acids is 2. The second-order valence-corrected chi connectivity index (χ2v) is 9.32. The summed E-state index contributed by atoms with van der Waals surface area (Å²) >= 11 is 6.94. The lowest BCUT2D eigenvalue weighted by atomic mass is 10.0. The third-order valence-corrected chi connectivity index (χ3v) is 5.18. The van der Waals surface area contributed by atoms with Crippen LogP contribution in [0.3, 0.4) is 0 Å². The monoisotopic (exact) mass is 393 g/mol.